The first-order valence-electron chi connectivity index (χ1n) is 6.06. The first kappa shape index (κ1) is 13.0. The van der Waals surface area contributed by atoms with Crippen LogP contribution in [-0.2, 0) is 0 Å². The highest BCUT2D eigenvalue weighted by atomic mass is 16.3. The summed E-state index contributed by atoms with van der Waals surface area (Å²) in [6.07, 6.45) is 1.56. The molecule has 1 aromatic heterocycles. The summed E-state index contributed by atoms with van der Waals surface area (Å²) in [5.41, 5.74) is -0.382. The molecule has 18 heavy (non-hydrogen) atoms. The van der Waals surface area contributed by atoms with Crippen LogP contribution >= 0.6 is 0 Å². The number of hydrogen-bond donors (Lipinski definition) is 3. The SMILES string of the molecule is Cc1cn(C2CC(CO)C2C(C)O)c(=O)[nH]c1=O. The van der Waals surface area contributed by atoms with Crippen LogP contribution in [0.2, 0.25) is 0 Å². The molecule has 0 amide bonds. The normalized spacial score (nSPS) is 28.8. The predicted octanol–water partition coefficient (Wildman–Crippen LogP) is -0.605. The molecule has 6 heteroatoms. The van der Waals surface area contributed by atoms with Crippen molar-refractivity contribution in [2.45, 2.75) is 32.4 Å². The average molecular weight is 254 g/mol. The highest BCUT2D eigenvalue weighted by molar-refractivity contribution is 5.05. The monoisotopic (exact) mass is 254 g/mol. The number of nitrogens with zero attached hydrogens (tertiary/aromatic N) is 1. The highest BCUT2D eigenvalue weighted by Crippen LogP contribution is 2.45. The Morgan fingerprint density at radius 3 is 2.78 bits per heavy atom. The van der Waals surface area contributed by atoms with E-state index in [0.29, 0.717) is 12.0 Å². The number of aliphatic hydroxyl groups is 2. The zero-order chi connectivity index (χ0) is 13.4. The molecule has 0 spiro atoms. The molecule has 1 fully saturated rings. The topological polar surface area (TPSA) is 95.3 Å². The smallest absolute Gasteiger partial charge is 0.328 e. The maximum Gasteiger partial charge on any atom is 0.328 e. The molecule has 0 saturated heterocycles. The molecule has 100 valence electrons. The van der Waals surface area contributed by atoms with Crippen LogP contribution in [0.15, 0.2) is 15.8 Å². The molecule has 1 heterocycles. The Kier molecular flexibility index (Phi) is 3.41. The van der Waals surface area contributed by atoms with Gasteiger partial charge in [0.15, 0.2) is 0 Å². The molecular weight excluding hydrogens is 236 g/mol. The second-order valence-electron chi connectivity index (χ2n) is 5.04. The van der Waals surface area contributed by atoms with Gasteiger partial charge in [-0.2, -0.15) is 0 Å². The van der Waals surface area contributed by atoms with Gasteiger partial charge in [0.2, 0.25) is 0 Å². The first-order valence-corrected chi connectivity index (χ1v) is 6.06. The molecule has 1 aliphatic rings. The van der Waals surface area contributed by atoms with Gasteiger partial charge in [-0.3, -0.25) is 14.3 Å². The molecule has 0 bridgehead atoms. The minimum atomic E-state index is -0.597. The van der Waals surface area contributed by atoms with Crippen molar-refractivity contribution in [3.8, 4) is 0 Å². The standard InChI is InChI=1S/C12H18N2O4/c1-6-4-14(12(18)13-11(6)17)9-3-8(5-15)10(9)7(2)16/h4,7-10,15-16H,3,5H2,1-2H3,(H,13,17,18). The fraction of sp³-hybridized carbons (Fsp3) is 0.667. The van der Waals surface area contributed by atoms with Gasteiger partial charge >= 0.3 is 5.69 Å². The van der Waals surface area contributed by atoms with Crippen molar-refractivity contribution >= 4 is 0 Å². The zero-order valence-corrected chi connectivity index (χ0v) is 10.5. The van der Waals surface area contributed by atoms with Crippen LogP contribution < -0.4 is 11.2 Å². The van der Waals surface area contributed by atoms with Gasteiger partial charge in [-0.1, -0.05) is 0 Å². The van der Waals surface area contributed by atoms with Crippen LogP contribution in [0, 0.1) is 18.8 Å². The van der Waals surface area contributed by atoms with E-state index in [2.05, 4.69) is 4.98 Å². The number of aliphatic hydroxyl groups excluding tert-OH is 2. The summed E-state index contributed by atoms with van der Waals surface area (Å²) in [5, 5.41) is 18.9. The minimum Gasteiger partial charge on any atom is -0.396 e. The fourth-order valence-electron chi connectivity index (χ4n) is 2.79. The van der Waals surface area contributed by atoms with Gasteiger partial charge in [-0.25, -0.2) is 4.79 Å². The summed E-state index contributed by atoms with van der Waals surface area (Å²) >= 11 is 0. The van der Waals surface area contributed by atoms with E-state index >= 15 is 0 Å². The molecule has 4 unspecified atom stereocenters. The van der Waals surface area contributed by atoms with Crippen LogP contribution in [0.4, 0.5) is 0 Å². The lowest BCUT2D eigenvalue weighted by molar-refractivity contribution is -0.0493. The Morgan fingerprint density at radius 1 is 1.56 bits per heavy atom. The Bertz CT molecular complexity index is 546. The number of aromatic nitrogens is 2. The van der Waals surface area contributed by atoms with Crippen LogP contribution in [-0.4, -0.2) is 32.5 Å². The molecule has 4 atom stereocenters. The number of nitrogens with one attached hydrogen (secondary N) is 1. The summed E-state index contributed by atoms with van der Waals surface area (Å²) in [6.45, 7) is 3.29. The molecular formula is C12H18N2O4. The molecule has 0 aromatic carbocycles. The summed E-state index contributed by atoms with van der Waals surface area (Å²) in [5.74, 6) is -0.146. The predicted molar refractivity (Wildman–Crippen MR) is 65.5 cm³/mol. The van der Waals surface area contributed by atoms with Crippen molar-refractivity contribution in [2.75, 3.05) is 6.61 Å². The van der Waals surface area contributed by atoms with Gasteiger partial charge in [0.25, 0.3) is 5.56 Å². The molecule has 1 aromatic rings. The van der Waals surface area contributed by atoms with E-state index in [0.717, 1.165) is 0 Å². The molecule has 0 aliphatic heterocycles. The quantitative estimate of drug-likeness (QED) is 0.671. The number of rotatable bonds is 3. The van der Waals surface area contributed by atoms with Gasteiger partial charge < -0.3 is 10.2 Å². The van der Waals surface area contributed by atoms with Gasteiger partial charge in [-0.05, 0) is 26.2 Å². The zero-order valence-electron chi connectivity index (χ0n) is 10.5. The van der Waals surface area contributed by atoms with Gasteiger partial charge in [0.1, 0.15) is 0 Å². The van der Waals surface area contributed by atoms with E-state index in [9.17, 15) is 19.8 Å². The Hall–Kier alpha value is -1.40. The number of H-pyrrole nitrogens is 1. The van der Waals surface area contributed by atoms with Crippen LogP contribution in [0.3, 0.4) is 0 Å². The minimum absolute atomic E-state index is 0.00313. The summed E-state index contributed by atoms with van der Waals surface area (Å²) in [7, 11) is 0. The lowest BCUT2D eigenvalue weighted by Gasteiger charge is -2.46. The van der Waals surface area contributed by atoms with Crippen molar-refractivity contribution in [3.05, 3.63) is 32.6 Å². The first-order chi connectivity index (χ1) is 8.45. The molecule has 0 radical (unpaired) electrons. The van der Waals surface area contributed by atoms with E-state index in [1.54, 1.807) is 13.8 Å². The van der Waals surface area contributed by atoms with Crippen molar-refractivity contribution in [1.29, 1.82) is 0 Å². The number of aromatic amines is 1. The van der Waals surface area contributed by atoms with E-state index < -0.39 is 11.8 Å². The van der Waals surface area contributed by atoms with Crippen molar-refractivity contribution < 1.29 is 10.2 Å². The Morgan fingerprint density at radius 2 is 2.22 bits per heavy atom. The molecule has 6 nitrogen and oxygen atoms in total. The maximum absolute atomic E-state index is 11.8. The number of aryl methyl sites for hydroxylation is 1. The molecule has 1 saturated carbocycles. The third kappa shape index (κ3) is 2.02. The third-order valence-electron chi connectivity index (χ3n) is 3.83. The van der Waals surface area contributed by atoms with Gasteiger partial charge in [-0.15, -0.1) is 0 Å². The fourth-order valence-corrected chi connectivity index (χ4v) is 2.79. The second kappa shape index (κ2) is 4.70. The lowest BCUT2D eigenvalue weighted by Crippen LogP contribution is -2.49. The molecule has 1 aliphatic carbocycles. The molecule has 2 rings (SSSR count). The maximum atomic E-state index is 11.8. The second-order valence-corrected chi connectivity index (χ2v) is 5.04. The largest absolute Gasteiger partial charge is 0.396 e. The van der Waals surface area contributed by atoms with Crippen molar-refractivity contribution in [2.24, 2.45) is 11.8 Å². The van der Waals surface area contributed by atoms with Gasteiger partial charge in [0, 0.05) is 30.3 Å². The lowest BCUT2D eigenvalue weighted by atomic mass is 9.67. The van der Waals surface area contributed by atoms with Crippen LogP contribution in [0.5, 0.6) is 0 Å². The third-order valence-corrected chi connectivity index (χ3v) is 3.83. The van der Waals surface area contributed by atoms with Crippen molar-refractivity contribution in [1.82, 2.24) is 9.55 Å². The highest BCUT2D eigenvalue weighted by Gasteiger charge is 2.44. The van der Waals surface area contributed by atoms with Crippen molar-refractivity contribution in [3.63, 3.8) is 0 Å². The summed E-state index contributed by atoms with van der Waals surface area (Å²) in [6, 6.07) is -0.162. The van der Waals surface area contributed by atoms with Crippen LogP contribution in [0.25, 0.3) is 0 Å². The summed E-state index contributed by atoms with van der Waals surface area (Å²) in [4.78, 5) is 25.3. The number of hydrogen-bond acceptors (Lipinski definition) is 4. The molecule has 3 N–H and O–H groups in total. The average Bonchev–Trinajstić information content (AvgIpc) is 2.23. The van der Waals surface area contributed by atoms with E-state index in [4.69, 9.17) is 0 Å². The Balaban J connectivity index is 2.36. The van der Waals surface area contributed by atoms with E-state index in [-0.39, 0.29) is 30.0 Å². The Labute approximate surface area is 104 Å². The van der Waals surface area contributed by atoms with E-state index in [1.807, 2.05) is 0 Å². The van der Waals surface area contributed by atoms with E-state index in [1.165, 1.54) is 10.8 Å². The summed E-state index contributed by atoms with van der Waals surface area (Å²) < 4.78 is 1.46. The van der Waals surface area contributed by atoms with Crippen LogP contribution in [0.1, 0.15) is 24.9 Å². The van der Waals surface area contributed by atoms with Gasteiger partial charge in [0.05, 0.1) is 6.10 Å².